The van der Waals surface area contributed by atoms with Crippen LogP contribution in [0.3, 0.4) is 0 Å². The van der Waals surface area contributed by atoms with Gasteiger partial charge in [0, 0.05) is 5.69 Å². The Morgan fingerprint density at radius 1 is 1.22 bits per heavy atom. The summed E-state index contributed by atoms with van der Waals surface area (Å²) >= 11 is 5.39. The van der Waals surface area contributed by atoms with Crippen LogP contribution >= 0.6 is 12.2 Å². The standard InChI is InChI=1S/C17H18N4OS/c1-11(12-3-6-14(22-2)7-4-12)20-17(23)21-13-5-8-15-16(9-13)19-10-18-15/h3-11H,1-2H3,(H,18,19)(H2,20,21,23)/t11-/m0/s1. The minimum atomic E-state index is 0.0943. The maximum atomic E-state index is 5.39. The third kappa shape index (κ3) is 3.60. The summed E-state index contributed by atoms with van der Waals surface area (Å²) in [4.78, 5) is 7.28. The maximum Gasteiger partial charge on any atom is 0.171 e. The molecule has 3 aromatic rings. The Hall–Kier alpha value is -2.60. The highest BCUT2D eigenvalue weighted by Gasteiger charge is 2.08. The Labute approximate surface area is 140 Å². The first-order valence-electron chi connectivity index (χ1n) is 7.30. The highest BCUT2D eigenvalue weighted by Crippen LogP contribution is 2.18. The molecule has 0 saturated carbocycles. The van der Waals surface area contributed by atoms with Crippen molar-refractivity contribution in [2.24, 2.45) is 0 Å². The molecule has 0 aliphatic rings. The quantitative estimate of drug-likeness (QED) is 0.639. The van der Waals surface area contributed by atoms with Crippen molar-refractivity contribution < 1.29 is 4.74 Å². The number of nitrogens with one attached hydrogen (secondary N) is 3. The molecule has 1 aromatic heterocycles. The van der Waals surface area contributed by atoms with Crippen LogP contribution in [-0.2, 0) is 0 Å². The van der Waals surface area contributed by atoms with Gasteiger partial charge in [-0.15, -0.1) is 0 Å². The van der Waals surface area contributed by atoms with Gasteiger partial charge in [0.2, 0.25) is 0 Å². The smallest absolute Gasteiger partial charge is 0.171 e. The summed E-state index contributed by atoms with van der Waals surface area (Å²) in [5.41, 5.74) is 3.96. The predicted octanol–water partition coefficient (Wildman–Crippen LogP) is 3.62. The van der Waals surface area contributed by atoms with E-state index in [-0.39, 0.29) is 6.04 Å². The van der Waals surface area contributed by atoms with Gasteiger partial charge in [0.15, 0.2) is 5.11 Å². The van der Waals surface area contributed by atoms with Crippen LogP contribution < -0.4 is 15.4 Å². The molecule has 0 radical (unpaired) electrons. The number of nitrogens with zero attached hydrogens (tertiary/aromatic N) is 1. The zero-order valence-electron chi connectivity index (χ0n) is 13.0. The number of imidazole rings is 1. The van der Waals surface area contributed by atoms with Gasteiger partial charge in [-0.3, -0.25) is 0 Å². The molecule has 1 atom stereocenters. The van der Waals surface area contributed by atoms with Crippen molar-refractivity contribution in [3.8, 4) is 5.75 Å². The fraction of sp³-hybridized carbons (Fsp3) is 0.176. The maximum absolute atomic E-state index is 5.39. The van der Waals surface area contributed by atoms with E-state index in [0.29, 0.717) is 5.11 Å². The number of fused-ring (bicyclic) bond motifs is 1. The van der Waals surface area contributed by atoms with Crippen molar-refractivity contribution in [3.05, 3.63) is 54.4 Å². The molecule has 3 N–H and O–H groups in total. The van der Waals surface area contributed by atoms with Gasteiger partial charge in [0.1, 0.15) is 5.75 Å². The summed E-state index contributed by atoms with van der Waals surface area (Å²) in [6.45, 7) is 2.06. The molecule has 0 aliphatic carbocycles. The largest absolute Gasteiger partial charge is 0.497 e. The summed E-state index contributed by atoms with van der Waals surface area (Å²) in [6, 6.07) is 13.9. The molecule has 0 unspecified atom stereocenters. The van der Waals surface area contributed by atoms with Crippen LogP contribution in [0.25, 0.3) is 11.0 Å². The van der Waals surface area contributed by atoms with Gasteiger partial charge in [-0.1, -0.05) is 12.1 Å². The Morgan fingerprint density at radius 3 is 2.74 bits per heavy atom. The lowest BCUT2D eigenvalue weighted by Gasteiger charge is -2.17. The van der Waals surface area contributed by atoms with Gasteiger partial charge < -0.3 is 20.4 Å². The van der Waals surface area contributed by atoms with Gasteiger partial charge in [0.05, 0.1) is 30.5 Å². The van der Waals surface area contributed by atoms with E-state index in [9.17, 15) is 0 Å². The van der Waals surface area contributed by atoms with E-state index >= 15 is 0 Å². The number of methoxy groups -OCH3 is 1. The van der Waals surface area contributed by atoms with E-state index in [1.165, 1.54) is 0 Å². The van der Waals surface area contributed by atoms with E-state index in [0.717, 1.165) is 28.0 Å². The first-order chi connectivity index (χ1) is 11.2. The Morgan fingerprint density at radius 2 is 2.00 bits per heavy atom. The summed E-state index contributed by atoms with van der Waals surface area (Å²) in [5, 5.41) is 7.05. The van der Waals surface area contributed by atoms with Crippen molar-refractivity contribution in [2.75, 3.05) is 12.4 Å². The number of ether oxygens (including phenoxy) is 1. The number of thiocarbonyl (C=S) groups is 1. The second kappa shape index (κ2) is 6.66. The van der Waals surface area contributed by atoms with Gasteiger partial charge in [0.25, 0.3) is 0 Å². The van der Waals surface area contributed by atoms with Gasteiger partial charge >= 0.3 is 0 Å². The lowest BCUT2D eigenvalue weighted by Crippen LogP contribution is -2.30. The molecule has 6 heteroatoms. The number of benzene rings is 2. The van der Waals surface area contributed by atoms with Crippen LogP contribution in [0.15, 0.2) is 48.8 Å². The number of H-pyrrole nitrogens is 1. The first-order valence-corrected chi connectivity index (χ1v) is 7.71. The third-order valence-corrected chi connectivity index (χ3v) is 3.86. The molecule has 1 heterocycles. The molecular weight excluding hydrogens is 308 g/mol. The number of aromatic amines is 1. The zero-order valence-corrected chi connectivity index (χ0v) is 13.8. The van der Waals surface area contributed by atoms with E-state index in [2.05, 4.69) is 27.5 Å². The number of hydrogen-bond donors (Lipinski definition) is 3. The molecule has 0 fully saturated rings. The Kier molecular flexibility index (Phi) is 4.43. The Bertz CT molecular complexity index is 813. The van der Waals surface area contributed by atoms with Crippen molar-refractivity contribution in [1.82, 2.24) is 15.3 Å². The number of rotatable bonds is 4. The average molecular weight is 326 g/mol. The van der Waals surface area contributed by atoms with Crippen molar-refractivity contribution >= 4 is 34.1 Å². The molecule has 0 bridgehead atoms. The normalized spacial score (nSPS) is 11.9. The van der Waals surface area contributed by atoms with E-state index in [4.69, 9.17) is 17.0 Å². The second-order valence-corrected chi connectivity index (χ2v) is 5.64. The van der Waals surface area contributed by atoms with Crippen LogP contribution in [0.1, 0.15) is 18.5 Å². The van der Waals surface area contributed by atoms with Crippen LogP contribution in [0.2, 0.25) is 0 Å². The minimum absolute atomic E-state index is 0.0943. The molecule has 3 rings (SSSR count). The molecule has 0 aliphatic heterocycles. The van der Waals surface area contributed by atoms with E-state index in [1.54, 1.807) is 13.4 Å². The third-order valence-electron chi connectivity index (χ3n) is 3.64. The summed E-state index contributed by atoms with van der Waals surface area (Å²) < 4.78 is 5.17. The molecule has 5 nitrogen and oxygen atoms in total. The molecule has 2 aromatic carbocycles. The SMILES string of the molecule is COc1ccc([C@H](C)NC(=S)Nc2ccc3nc[nH]c3c2)cc1. The molecular formula is C17H18N4OS. The fourth-order valence-corrected chi connectivity index (χ4v) is 2.65. The second-order valence-electron chi connectivity index (χ2n) is 5.23. The number of aromatic nitrogens is 2. The van der Waals surface area contributed by atoms with E-state index < -0.39 is 0 Å². The number of anilines is 1. The lowest BCUT2D eigenvalue weighted by molar-refractivity contribution is 0.414. The average Bonchev–Trinajstić information content (AvgIpc) is 3.02. The van der Waals surface area contributed by atoms with Gasteiger partial charge in [-0.2, -0.15) is 0 Å². The highest BCUT2D eigenvalue weighted by molar-refractivity contribution is 7.80. The van der Waals surface area contributed by atoms with Crippen LogP contribution in [-0.4, -0.2) is 22.2 Å². The molecule has 0 spiro atoms. The minimum Gasteiger partial charge on any atom is -0.497 e. The van der Waals surface area contributed by atoms with Crippen molar-refractivity contribution in [1.29, 1.82) is 0 Å². The molecule has 23 heavy (non-hydrogen) atoms. The van der Waals surface area contributed by atoms with E-state index in [1.807, 2.05) is 42.5 Å². The number of hydrogen-bond acceptors (Lipinski definition) is 3. The van der Waals surface area contributed by atoms with Gasteiger partial charge in [-0.05, 0) is 55.0 Å². The Balaban J connectivity index is 1.63. The molecule has 0 saturated heterocycles. The monoisotopic (exact) mass is 326 g/mol. The van der Waals surface area contributed by atoms with Crippen molar-refractivity contribution in [3.63, 3.8) is 0 Å². The van der Waals surface area contributed by atoms with Crippen LogP contribution in [0.4, 0.5) is 5.69 Å². The van der Waals surface area contributed by atoms with Gasteiger partial charge in [-0.25, -0.2) is 4.98 Å². The van der Waals surface area contributed by atoms with Crippen LogP contribution in [0.5, 0.6) is 5.75 Å². The topological polar surface area (TPSA) is 62.0 Å². The summed E-state index contributed by atoms with van der Waals surface area (Å²) in [5.74, 6) is 0.842. The van der Waals surface area contributed by atoms with Crippen LogP contribution in [0, 0.1) is 0 Å². The molecule has 118 valence electrons. The molecule has 0 amide bonds. The summed E-state index contributed by atoms with van der Waals surface area (Å²) in [6.07, 6.45) is 1.68. The highest BCUT2D eigenvalue weighted by atomic mass is 32.1. The fourth-order valence-electron chi connectivity index (χ4n) is 2.35. The predicted molar refractivity (Wildman–Crippen MR) is 96.9 cm³/mol. The summed E-state index contributed by atoms with van der Waals surface area (Å²) in [7, 11) is 1.66. The van der Waals surface area contributed by atoms with Crippen molar-refractivity contribution in [2.45, 2.75) is 13.0 Å². The zero-order chi connectivity index (χ0) is 16.2. The lowest BCUT2D eigenvalue weighted by atomic mass is 10.1. The first kappa shape index (κ1) is 15.3.